The zero-order valence-electron chi connectivity index (χ0n) is 15.9. The molecule has 27 heavy (non-hydrogen) atoms. The van der Waals surface area contributed by atoms with Gasteiger partial charge in [-0.2, -0.15) is 0 Å². The van der Waals surface area contributed by atoms with Crippen molar-refractivity contribution >= 4 is 17.7 Å². The van der Waals surface area contributed by atoms with Crippen molar-refractivity contribution in [3.63, 3.8) is 0 Å². The highest BCUT2D eigenvalue weighted by Crippen LogP contribution is 2.55. The van der Waals surface area contributed by atoms with Crippen LogP contribution in [0, 0.1) is 17.8 Å². The Balaban J connectivity index is 1.51. The van der Waals surface area contributed by atoms with Crippen LogP contribution in [-0.4, -0.2) is 46.2 Å². The summed E-state index contributed by atoms with van der Waals surface area (Å²) in [6, 6.07) is 0.102. The van der Waals surface area contributed by atoms with Crippen LogP contribution >= 0.6 is 11.8 Å². The highest BCUT2D eigenvalue weighted by atomic mass is 32.2. The number of hydrogen-bond acceptors (Lipinski definition) is 7. The Morgan fingerprint density at radius 3 is 2.70 bits per heavy atom. The smallest absolute Gasteiger partial charge is 0.291 e. The Morgan fingerprint density at radius 2 is 2.11 bits per heavy atom. The molecular formula is C19H29N3O4S. The van der Waals surface area contributed by atoms with E-state index in [1.165, 1.54) is 11.8 Å². The molecule has 1 aromatic heterocycles. The van der Waals surface area contributed by atoms with Gasteiger partial charge in [-0.3, -0.25) is 4.79 Å². The lowest BCUT2D eigenvalue weighted by molar-refractivity contribution is -0.137. The fourth-order valence-electron chi connectivity index (χ4n) is 5.43. The summed E-state index contributed by atoms with van der Waals surface area (Å²) in [5, 5.41) is 18.1. The van der Waals surface area contributed by atoms with E-state index < -0.39 is 5.60 Å². The molecule has 4 fully saturated rings. The largest absolute Gasteiger partial charge is 0.473 e. The standard InChI is InChI=1S/C19H29N3O4S/c1-10(2)27-16-15(26-22-18(16)25-4-3-20)17(23)21-14-12-5-11-6-13(14)9-19(24,7-11)8-12/h10-14,24H,3-9,20H2,1-2H3,(H,21,23). The molecule has 7 nitrogen and oxygen atoms in total. The monoisotopic (exact) mass is 395 g/mol. The fourth-order valence-corrected chi connectivity index (χ4v) is 6.34. The number of amides is 1. The van der Waals surface area contributed by atoms with Crippen molar-refractivity contribution < 1.29 is 19.2 Å². The summed E-state index contributed by atoms with van der Waals surface area (Å²) in [6.07, 6.45) is 4.71. The van der Waals surface area contributed by atoms with Gasteiger partial charge in [-0.25, -0.2) is 0 Å². The third kappa shape index (κ3) is 3.71. The van der Waals surface area contributed by atoms with Gasteiger partial charge in [-0.05, 0) is 55.0 Å². The molecule has 1 heterocycles. The highest BCUT2D eigenvalue weighted by Gasteiger charge is 2.55. The molecule has 4 aliphatic rings. The molecule has 0 saturated heterocycles. The van der Waals surface area contributed by atoms with Crippen LogP contribution in [0.1, 0.15) is 56.5 Å². The lowest BCUT2D eigenvalue weighted by atomic mass is 9.52. The molecule has 150 valence electrons. The third-order valence-electron chi connectivity index (χ3n) is 6.08. The molecule has 0 aromatic carbocycles. The molecule has 1 amide bonds. The molecule has 4 N–H and O–H groups in total. The van der Waals surface area contributed by atoms with Crippen LogP contribution in [0.2, 0.25) is 0 Å². The summed E-state index contributed by atoms with van der Waals surface area (Å²) in [5.41, 5.74) is 5.00. The van der Waals surface area contributed by atoms with E-state index in [-0.39, 0.29) is 23.0 Å². The normalized spacial score (nSPS) is 34.3. The van der Waals surface area contributed by atoms with Crippen LogP contribution < -0.4 is 15.8 Å². The number of nitrogens with two attached hydrogens (primary N) is 1. The van der Waals surface area contributed by atoms with Gasteiger partial charge in [0.05, 0.1) is 5.60 Å². The van der Waals surface area contributed by atoms with Crippen LogP contribution in [0.5, 0.6) is 5.88 Å². The lowest BCUT2D eigenvalue weighted by Gasteiger charge is -2.58. The van der Waals surface area contributed by atoms with E-state index in [1.54, 1.807) is 0 Å². The average Bonchev–Trinajstić information content (AvgIpc) is 2.96. The van der Waals surface area contributed by atoms with Crippen molar-refractivity contribution in [1.82, 2.24) is 10.5 Å². The second-order valence-electron chi connectivity index (χ2n) is 8.64. The summed E-state index contributed by atoms with van der Waals surface area (Å²) < 4.78 is 10.9. The van der Waals surface area contributed by atoms with E-state index in [0.717, 1.165) is 32.1 Å². The topological polar surface area (TPSA) is 111 Å². The molecule has 4 saturated carbocycles. The SMILES string of the molecule is CC(C)Sc1c(OCCN)noc1C(=O)NC1C2CC3CC1CC(O)(C3)C2. The van der Waals surface area contributed by atoms with Crippen molar-refractivity contribution in [3.05, 3.63) is 5.76 Å². The molecule has 1 aromatic rings. The summed E-state index contributed by atoms with van der Waals surface area (Å²) in [6.45, 7) is 4.79. The maximum atomic E-state index is 13.0. The zero-order chi connectivity index (χ0) is 19.2. The number of aromatic nitrogens is 1. The van der Waals surface area contributed by atoms with Gasteiger partial charge in [-0.15, -0.1) is 11.8 Å². The van der Waals surface area contributed by atoms with Gasteiger partial charge in [0, 0.05) is 17.8 Å². The Bertz CT molecular complexity index is 691. The lowest BCUT2D eigenvalue weighted by Crippen LogP contribution is -2.61. The van der Waals surface area contributed by atoms with E-state index >= 15 is 0 Å². The number of carbonyl (C=O) groups is 1. The van der Waals surface area contributed by atoms with Crippen LogP contribution in [-0.2, 0) is 0 Å². The van der Waals surface area contributed by atoms with E-state index in [1.807, 2.05) is 13.8 Å². The van der Waals surface area contributed by atoms with Gasteiger partial charge < -0.3 is 25.4 Å². The predicted molar refractivity (Wildman–Crippen MR) is 102 cm³/mol. The van der Waals surface area contributed by atoms with Gasteiger partial charge in [-0.1, -0.05) is 13.8 Å². The van der Waals surface area contributed by atoms with Gasteiger partial charge in [0.1, 0.15) is 11.5 Å². The second-order valence-corrected chi connectivity index (χ2v) is 10.2. The summed E-state index contributed by atoms with van der Waals surface area (Å²) in [7, 11) is 0. The van der Waals surface area contributed by atoms with Crippen molar-refractivity contribution in [2.45, 2.75) is 67.7 Å². The van der Waals surface area contributed by atoms with Crippen LogP contribution in [0.4, 0.5) is 0 Å². The first-order valence-corrected chi connectivity index (χ1v) is 10.8. The molecule has 0 radical (unpaired) electrons. The Labute approximate surface area is 163 Å². The van der Waals surface area contributed by atoms with Gasteiger partial charge in [0.15, 0.2) is 0 Å². The van der Waals surface area contributed by atoms with Gasteiger partial charge in [0.25, 0.3) is 11.8 Å². The van der Waals surface area contributed by atoms with E-state index in [0.29, 0.717) is 41.7 Å². The molecular weight excluding hydrogens is 366 g/mol. The molecule has 8 heteroatoms. The van der Waals surface area contributed by atoms with Gasteiger partial charge in [0.2, 0.25) is 5.76 Å². The van der Waals surface area contributed by atoms with Crippen molar-refractivity contribution in [3.8, 4) is 5.88 Å². The van der Waals surface area contributed by atoms with Crippen LogP contribution in [0.15, 0.2) is 9.42 Å². The van der Waals surface area contributed by atoms with Gasteiger partial charge >= 0.3 is 0 Å². The minimum Gasteiger partial charge on any atom is -0.473 e. The second kappa shape index (κ2) is 7.29. The van der Waals surface area contributed by atoms with Crippen molar-refractivity contribution in [2.24, 2.45) is 23.5 Å². The van der Waals surface area contributed by atoms with Crippen molar-refractivity contribution in [1.29, 1.82) is 0 Å². The first-order valence-electron chi connectivity index (χ1n) is 9.91. The minimum absolute atomic E-state index is 0.102. The molecule has 0 spiro atoms. The molecule has 4 bridgehead atoms. The molecule has 5 rings (SSSR count). The molecule has 0 aliphatic heterocycles. The van der Waals surface area contributed by atoms with Crippen molar-refractivity contribution in [2.75, 3.05) is 13.2 Å². The summed E-state index contributed by atoms with van der Waals surface area (Å²) in [4.78, 5) is 13.6. The highest BCUT2D eigenvalue weighted by molar-refractivity contribution is 8.00. The van der Waals surface area contributed by atoms with Crippen LogP contribution in [0.3, 0.4) is 0 Å². The number of nitrogens with one attached hydrogen (secondary N) is 1. The first kappa shape index (κ1) is 19.1. The number of carbonyl (C=O) groups excluding carboxylic acids is 1. The van der Waals surface area contributed by atoms with E-state index in [4.69, 9.17) is 15.0 Å². The summed E-state index contributed by atoms with van der Waals surface area (Å²) >= 11 is 1.50. The van der Waals surface area contributed by atoms with E-state index in [9.17, 15) is 9.90 Å². The fraction of sp³-hybridized carbons (Fsp3) is 0.789. The van der Waals surface area contributed by atoms with Crippen LogP contribution in [0.25, 0.3) is 0 Å². The third-order valence-corrected chi connectivity index (χ3v) is 7.14. The minimum atomic E-state index is -0.508. The molecule has 4 aliphatic carbocycles. The Morgan fingerprint density at radius 1 is 1.41 bits per heavy atom. The Kier molecular flexibility index (Phi) is 5.16. The average molecular weight is 396 g/mol. The number of hydrogen-bond donors (Lipinski definition) is 3. The first-order chi connectivity index (χ1) is 12.9. The molecule has 2 unspecified atom stereocenters. The summed E-state index contributed by atoms with van der Waals surface area (Å²) in [5.74, 6) is 1.62. The zero-order valence-corrected chi connectivity index (χ0v) is 16.8. The Hall–Kier alpha value is -1.25. The number of rotatable bonds is 7. The van der Waals surface area contributed by atoms with E-state index in [2.05, 4.69) is 10.5 Å². The number of nitrogens with zero attached hydrogens (tertiary/aromatic N) is 1. The predicted octanol–water partition coefficient (Wildman–Crippen LogP) is 2.18. The number of ether oxygens (including phenoxy) is 1. The number of thioether (sulfide) groups is 1. The number of aliphatic hydroxyl groups is 1. The maximum absolute atomic E-state index is 13.0. The quantitative estimate of drug-likeness (QED) is 0.607. The molecule has 2 atom stereocenters. The maximum Gasteiger partial charge on any atom is 0.291 e.